The molecule has 0 saturated heterocycles. The van der Waals surface area contributed by atoms with Gasteiger partial charge in [-0.2, -0.15) is 0 Å². The molecule has 0 atom stereocenters. The fraction of sp³-hybridized carbons (Fsp3) is 0.692. The van der Waals surface area contributed by atoms with E-state index < -0.39 is 0 Å². The summed E-state index contributed by atoms with van der Waals surface area (Å²) < 4.78 is 0. The first-order chi connectivity index (χ1) is 8.69. The number of rotatable bonds is 8. The highest BCUT2D eigenvalue weighted by Gasteiger charge is 2.07. The zero-order valence-electron chi connectivity index (χ0n) is 11.2. The van der Waals surface area contributed by atoms with E-state index in [-0.39, 0.29) is 6.61 Å². The van der Waals surface area contributed by atoms with Crippen molar-refractivity contribution in [1.29, 1.82) is 0 Å². The van der Waals surface area contributed by atoms with E-state index in [1.54, 1.807) is 0 Å². The fourth-order valence-electron chi connectivity index (χ4n) is 1.66. The molecule has 0 amide bonds. The van der Waals surface area contributed by atoms with Gasteiger partial charge in [0.15, 0.2) is 0 Å². The molecule has 4 nitrogen and oxygen atoms in total. The van der Waals surface area contributed by atoms with Gasteiger partial charge in [-0.15, -0.1) is 0 Å². The summed E-state index contributed by atoms with van der Waals surface area (Å²) in [5, 5.41) is 12.5. The number of aliphatic hydroxyl groups is 1. The maximum absolute atomic E-state index is 8.68. The van der Waals surface area contributed by atoms with E-state index in [0.29, 0.717) is 5.15 Å². The third-order valence-corrected chi connectivity index (χ3v) is 3.19. The Morgan fingerprint density at radius 3 is 2.56 bits per heavy atom. The van der Waals surface area contributed by atoms with Crippen molar-refractivity contribution in [3.63, 3.8) is 0 Å². The van der Waals surface area contributed by atoms with Crippen molar-refractivity contribution in [3.05, 3.63) is 16.5 Å². The number of hydrogen-bond donors (Lipinski definition) is 2. The molecule has 1 aromatic rings. The van der Waals surface area contributed by atoms with Crippen molar-refractivity contribution in [3.8, 4) is 0 Å². The van der Waals surface area contributed by atoms with Crippen LogP contribution in [0, 0.1) is 6.92 Å². The van der Waals surface area contributed by atoms with Crippen molar-refractivity contribution in [2.24, 2.45) is 0 Å². The molecule has 1 aromatic heterocycles. The van der Waals surface area contributed by atoms with Crippen LogP contribution in [0.4, 0.5) is 5.82 Å². The lowest BCUT2D eigenvalue weighted by Gasteiger charge is -2.10. The van der Waals surface area contributed by atoms with E-state index in [1.165, 1.54) is 0 Å². The number of aromatic nitrogens is 2. The lowest BCUT2D eigenvalue weighted by molar-refractivity contribution is 0.283. The molecule has 2 N–H and O–H groups in total. The first kappa shape index (κ1) is 15.2. The van der Waals surface area contributed by atoms with Gasteiger partial charge in [0, 0.05) is 25.1 Å². The van der Waals surface area contributed by atoms with Gasteiger partial charge in [0.25, 0.3) is 0 Å². The van der Waals surface area contributed by atoms with Gasteiger partial charge in [-0.1, -0.05) is 31.4 Å². The molecule has 0 aliphatic rings. The molecule has 5 heteroatoms. The van der Waals surface area contributed by atoms with Gasteiger partial charge in [0.05, 0.1) is 0 Å². The first-order valence-electron chi connectivity index (χ1n) is 6.56. The van der Waals surface area contributed by atoms with Gasteiger partial charge in [-0.05, 0) is 19.8 Å². The Hall–Kier alpha value is -0.870. The number of anilines is 1. The monoisotopic (exact) mass is 271 g/mol. The maximum atomic E-state index is 8.68. The second-order valence-electron chi connectivity index (χ2n) is 4.32. The molecule has 0 aromatic carbocycles. The highest BCUT2D eigenvalue weighted by atomic mass is 35.5. The maximum Gasteiger partial charge on any atom is 0.137 e. The number of aryl methyl sites for hydroxylation is 1. The van der Waals surface area contributed by atoms with Crippen LogP contribution < -0.4 is 5.32 Å². The van der Waals surface area contributed by atoms with Gasteiger partial charge < -0.3 is 10.4 Å². The normalized spacial score (nSPS) is 10.7. The quantitative estimate of drug-likeness (QED) is 0.564. The average Bonchev–Trinajstić information content (AvgIpc) is 2.38. The van der Waals surface area contributed by atoms with Crippen molar-refractivity contribution >= 4 is 17.4 Å². The number of aliphatic hydroxyl groups excluding tert-OH is 1. The Balaban J connectivity index is 2.44. The minimum absolute atomic E-state index is 0.286. The van der Waals surface area contributed by atoms with E-state index in [4.69, 9.17) is 16.7 Å². The Bertz CT molecular complexity index is 371. The highest BCUT2D eigenvalue weighted by molar-refractivity contribution is 6.30. The minimum atomic E-state index is 0.286. The summed E-state index contributed by atoms with van der Waals surface area (Å²) in [4.78, 5) is 8.65. The molecule has 1 rings (SSSR count). The molecular formula is C13H22ClN3O. The van der Waals surface area contributed by atoms with E-state index in [0.717, 1.165) is 55.9 Å². The second-order valence-corrected chi connectivity index (χ2v) is 4.68. The van der Waals surface area contributed by atoms with E-state index >= 15 is 0 Å². The zero-order chi connectivity index (χ0) is 13.4. The van der Waals surface area contributed by atoms with Crippen molar-refractivity contribution in [1.82, 2.24) is 9.97 Å². The summed E-state index contributed by atoms with van der Waals surface area (Å²) in [5.74, 6) is 1.61. The minimum Gasteiger partial charge on any atom is -0.396 e. The predicted molar refractivity (Wildman–Crippen MR) is 75.2 cm³/mol. The molecule has 0 saturated carbocycles. The van der Waals surface area contributed by atoms with Gasteiger partial charge in [-0.3, -0.25) is 0 Å². The van der Waals surface area contributed by atoms with Gasteiger partial charge in [0.2, 0.25) is 0 Å². The standard InChI is InChI=1S/C13H22ClN3O/c1-3-11-16-12(14)10(2)13(17-11)15-8-6-4-5-7-9-18/h18H,3-9H2,1-2H3,(H,15,16,17). The summed E-state index contributed by atoms with van der Waals surface area (Å²) in [5.41, 5.74) is 0.907. The number of nitrogens with one attached hydrogen (secondary N) is 1. The summed E-state index contributed by atoms with van der Waals surface area (Å²) in [6, 6.07) is 0. The first-order valence-corrected chi connectivity index (χ1v) is 6.94. The summed E-state index contributed by atoms with van der Waals surface area (Å²) in [6.45, 7) is 5.10. The summed E-state index contributed by atoms with van der Waals surface area (Å²) in [7, 11) is 0. The van der Waals surface area contributed by atoms with Crippen LogP contribution in [0.15, 0.2) is 0 Å². The Morgan fingerprint density at radius 2 is 1.89 bits per heavy atom. The molecule has 0 unspecified atom stereocenters. The third-order valence-electron chi connectivity index (χ3n) is 2.83. The van der Waals surface area contributed by atoms with Crippen LogP contribution in [0.25, 0.3) is 0 Å². The Labute approximate surface area is 114 Å². The topological polar surface area (TPSA) is 58.0 Å². The molecule has 18 heavy (non-hydrogen) atoms. The third kappa shape index (κ3) is 4.78. The van der Waals surface area contributed by atoms with Crippen LogP contribution >= 0.6 is 11.6 Å². The highest BCUT2D eigenvalue weighted by Crippen LogP contribution is 2.20. The molecule has 0 fully saturated rings. The van der Waals surface area contributed by atoms with Gasteiger partial charge in [-0.25, -0.2) is 9.97 Å². The zero-order valence-corrected chi connectivity index (χ0v) is 11.9. The van der Waals surface area contributed by atoms with Crippen LogP contribution in [0.2, 0.25) is 5.15 Å². The van der Waals surface area contributed by atoms with E-state index in [2.05, 4.69) is 15.3 Å². The van der Waals surface area contributed by atoms with Crippen molar-refractivity contribution in [2.45, 2.75) is 46.0 Å². The smallest absolute Gasteiger partial charge is 0.137 e. The second kappa shape index (κ2) is 8.27. The molecule has 1 heterocycles. The summed E-state index contributed by atoms with van der Waals surface area (Å²) in [6.07, 6.45) is 4.93. The van der Waals surface area contributed by atoms with Gasteiger partial charge in [0.1, 0.15) is 16.8 Å². The Morgan fingerprint density at radius 1 is 1.17 bits per heavy atom. The average molecular weight is 272 g/mol. The molecular weight excluding hydrogens is 250 g/mol. The van der Waals surface area contributed by atoms with Crippen molar-refractivity contribution in [2.75, 3.05) is 18.5 Å². The molecule has 0 aliphatic heterocycles. The van der Waals surface area contributed by atoms with Crippen LogP contribution in [-0.2, 0) is 6.42 Å². The Kier molecular flexibility index (Phi) is 6.98. The number of nitrogens with zero attached hydrogens (tertiary/aromatic N) is 2. The molecule has 102 valence electrons. The lowest BCUT2D eigenvalue weighted by atomic mass is 10.2. The summed E-state index contributed by atoms with van der Waals surface area (Å²) >= 11 is 6.06. The lowest BCUT2D eigenvalue weighted by Crippen LogP contribution is -2.08. The van der Waals surface area contributed by atoms with Crippen LogP contribution in [0.1, 0.15) is 44.0 Å². The van der Waals surface area contributed by atoms with Gasteiger partial charge >= 0.3 is 0 Å². The SMILES string of the molecule is CCc1nc(Cl)c(C)c(NCCCCCCO)n1. The number of hydrogen-bond acceptors (Lipinski definition) is 4. The number of halogens is 1. The van der Waals surface area contributed by atoms with E-state index in [1.807, 2.05) is 13.8 Å². The fourth-order valence-corrected chi connectivity index (χ4v) is 1.85. The van der Waals surface area contributed by atoms with Crippen LogP contribution in [-0.4, -0.2) is 28.2 Å². The van der Waals surface area contributed by atoms with E-state index in [9.17, 15) is 0 Å². The number of unbranched alkanes of at least 4 members (excludes halogenated alkanes) is 3. The van der Waals surface area contributed by atoms with Crippen molar-refractivity contribution < 1.29 is 5.11 Å². The largest absolute Gasteiger partial charge is 0.396 e. The molecule has 0 spiro atoms. The van der Waals surface area contributed by atoms with Crippen LogP contribution in [0.3, 0.4) is 0 Å². The molecule has 0 bridgehead atoms. The molecule has 0 aliphatic carbocycles. The molecule has 0 radical (unpaired) electrons. The predicted octanol–water partition coefficient (Wildman–Crippen LogP) is 2.97. The van der Waals surface area contributed by atoms with Crippen LogP contribution in [0.5, 0.6) is 0 Å².